The van der Waals surface area contributed by atoms with Gasteiger partial charge in [0.1, 0.15) is 0 Å². The Morgan fingerprint density at radius 3 is 2.06 bits per heavy atom. The minimum Gasteiger partial charge on any atom is -0.376 e. The Hall–Kier alpha value is -4.57. The van der Waals surface area contributed by atoms with Crippen LogP contribution < -0.4 is 21.3 Å². The fraction of sp³-hybridized carbons (Fsp3) is 0.148. The molecule has 3 aromatic rings. The van der Waals surface area contributed by atoms with Crippen LogP contribution in [0, 0.1) is 19.3 Å². The first-order valence-corrected chi connectivity index (χ1v) is 10.7. The highest BCUT2D eigenvalue weighted by Crippen LogP contribution is 2.17. The zero-order valence-corrected chi connectivity index (χ0v) is 18.9. The molecular weight excluding hydrogens is 428 g/mol. The van der Waals surface area contributed by atoms with E-state index >= 15 is 0 Å². The molecule has 0 atom stereocenters. The Bertz CT molecular complexity index is 1210. The number of hydrogen-bond acceptors (Lipinski definition) is 4. The van der Waals surface area contributed by atoms with Crippen LogP contribution in [0.25, 0.3) is 0 Å². The third kappa shape index (κ3) is 6.71. The molecule has 0 fully saturated rings. The standard InChI is InChI=1S/C27H26N4O3/c1-3-16-28-26(33)21-8-4-6-10-23(21)29-18-25(32)31-24-11-7-5-9-22(24)27(34)30-17-20-14-12-19(2)13-15-20/h1,4-15,29H,16-18H2,2H3,(H,28,33)(H,30,34)(H,31,32). The van der Waals surface area contributed by atoms with Crippen LogP contribution in [-0.4, -0.2) is 30.8 Å². The van der Waals surface area contributed by atoms with Crippen LogP contribution in [0.5, 0.6) is 0 Å². The summed E-state index contributed by atoms with van der Waals surface area (Å²) in [5.41, 5.74) is 3.76. The molecule has 0 spiro atoms. The monoisotopic (exact) mass is 454 g/mol. The zero-order valence-electron chi connectivity index (χ0n) is 18.9. The van der Waals surface area contributed by atoms with E-state index in [-0.39, 0.29) is 30.8 Å². The highest BCUT2D eigenvalue weighted by atomic mass is 16.2. The van der Waals surface area contributed by atoms with Gasteiger partial charge in [-0.25, -0.2) is 0 Å². The molecule has 0 heterocycles. The van der Waals surface area contributed by atoms with E-state index in [2.05, 4.69) is 27.2 Å². The first kappa shape index (κ1) is 24.1. The molecule has 7 nitrogen and oxygen atoms in total. The van der Waals surface area contributed by atoms with Gasteiger partial charge in [-0.1, -0.05) is 60.0 Å². The number of rotatable bonds is 9. The molecule has 0 radical (unpaired) electrons. The molecule has 0 aromatic heterocycles. The maximum Gasteiger partial charge on any atom is 0.254 e. The van der Waals surface area contributed by atoms with Crippen LogP contribution in [0.1, 0.15) is 31.8 Å². The third-order valence-electron chi connectivity index (χ3n) is 4.98. The quantitative estimate of drug-likeness (QED) is 0.373. The van der Waals surface area contributed by atoms with Crippen molar-refractivity contribution < 1.29 is 14.4 Å². The second-order valence-corrected chi connectivity index (χ2v) is 7.55. The van der Waals surface area contributed by atoms with Gasteiger partial charge in [-0.2, -0.15) is 0 Å². The van der Waals surface area contributed by atoms with Crippen molar-refractivity contribution in [2.75, 3.05) is 23.7 Å². The highest BCUT2D eigenvalue weighted by molar-refractivity contribution is 6.05. The summed E-state index contributed by atoms with van der Waals surface area (Å²) in [4.78, 5) is 37.6. The molecule has 7 heteroatoms. The van der Waals surface area contributed by atoms with Gasteiger partial charge in [0.25, 0.3) is 11.8 Å². The van der Waals surface area contributed by atoms with Crippen LogP contribution in [0.4, 0.5) is 11.4 Å². The Morgan fingerprint density at radius 1 is 0.794 bits per heavy atom. The number of hydrogen-bond donors (Lipinski definition) is 4. The summed E-state index contributed by atoms with van der Waals surface area (Å²) in [6.07, 6.45) is 5.19. The predicted molar refractivity (Wildman–Crippen MR) is 134 cm³/mol. The molecule has 0 aliphatic rings. The van der Waals surface area contributed by atoms with Crippen molar-refractivity contribution in [2.45, 2.75) is 13.5 Å². The molecule has 0 aliphatic carbocycles. The summed E-state index contributed by atoms with van der Waals surface area (Å²) in [6.45, 7) is 2.39. The van der Waals surface area contributed by atoms with Crippen molar-refractivity contribution in [3.8, 4) is 12.3 Å². The van der Waals surface area contributed by atoms with Gasteiger partial charge in [-0.15, -0.1) is 6.42 Å². The Balaban J connectivity index is 1.61. The minimum atomic E-state index is -0.363. The highest BCUT2D eigenvalue weighted by Gasteiger charge is 2.14. The SMILES string of the molecule is C#CCNC(=O)c1ccccc1NCC(=O)Nc1ccccc1C(=O)NCc1ccc(C)cc1. The van der Waals surface area contributed by atoms with Crippen LogP contribution in [0.3, 0.4) is 0 Å². The van der Waals surface area contributed by atoms with Crippen LogP contribution in [-0.2, 0) is 11.3 Å². The number of nitrogens with one attached hydrogen (secondary N) is 4. The fourth-order valence-corrected chi connectivity index (χ4v) is 3.21. The zero-order chi connectivity index (χ0) is 24.3. The first-order valence-electron chi connectivity index (χ1n) is 10.7. The van der Waals surface area contributed by atoms with Gasteiger partial charge in [0.2, 0.25) is 5.91 Å². The van der Waals surface area contributed by atoms with Crippen molar-refractivity contribution in [3.05, 3.63) is 95.1 Å². The lowest BCUT2D eigenvalue weighted by atomic mass is 10.1. The number of carbonyl (C=O) groups is 3. The van der Waals surface area contributed by atoms with Gasteiger partial charge >= 0.3 is 0 Å². The average Bonchev–Trinajstić information content (AvgIpc) is 2.86. The summed E-state index contributed by atoms with van der Waals surface area (Å²) in [7, 11) is 0. The van der Waals surface area contributed by atoms with E-state index in [9.17, 15) is 14.4 Å². The predicted octanol–water partition coefficient (Wildman–Crippen LogP) is 3.34. The molecule has 172 valence electrons. The molecule has 34 heavy (non-hydrogen) atoms. The van der Waals surface area contributed by atoms with Crippen molar-refractivity contribution in [1.82, 2.24) is 10.6 Å². The molecule has 3 aromatic carbocycles. The number of para-hydroxylation sites is 2. The molecule has 0 bridgehead atoms. The smallest absolute Gasteiger partial charge is 0.254 e. The van der Waals surface area contributed by atoms with E-state index in [0.29, 0.717) is 29.0 Å². The number of aryl methyl sites for hydroxylation is 1. The van der Waals surface area contributed by atoms with E-state index in [4.69, 9.17) is 6.42 Å². The fourth-order valence-electron chi connectivity index (χ4n) is 3.21. The van der Waals surface area contributed by atoms with Crippen LogP contribution in [0.2, 0.25) is 0 Å². The number of carbonyl (C=O) groups excluding carboxylic acids is 3. The number of benzene rings is 3. The van der Waals surface area contributed by atoms with Gasteiger partial charge in [0, 0.05) is 12.2 Å². The molecule has 0 saturated carbocycles. The summed E-state index contributed by atoms with van der Waals surface area (Å²) in [5.74, 6) is 1.36. The normalized spacial score (nSPS) is 10.0. The lowest BCUT2D eigenvalue weighted by Crippen LogP contribution is -2.28. The largest absolute Gasteiger partial charge is 0.376 e. The van der Waals surface area contributed by atoms with Gasteiger partial charge in [-0.3, -0.25) is 14.4 Å². The number of terminal acetylenes is 1. The summed E-state index contributed by atoms with van der Waals surface area (Å²) >= 11 is 0. The third-order valence-corrected chi connectivity index (χ3v) is 4.98. The van der Waals surface area contributed by atoms with Gasteiger partial charge in [-0.05, 0) is 36.8 Å². The van der Waals surface area contributed by atoms with Crippen molar-refractivity contribution in [3.63, 3.8) is 0 Å². The molecule has 0 aliphatic heterocycles. The van der Waals surface area contributed by atoms with E-state index in [0.717, 1.165) is 11.1 Å². The van der Waals surface area contributed by atoms with E-state index < -0.39 is 0 Å². The molecule has 0 unspecified atom stereocenters. The van der Waals surface area contributed by atoms with Crippen LogP contribution in [0.15, 0.2) is 72.8 Å². The number of anilines is 2. The molecule has 4 N–H and O–H groups in total. The van der Waals surface area contributed by atoms with E-state index in [1.165, 1.54) is 0 Å². The Morgan fingerprint density at radius 2 is 1.38 bits per heavy atom. The maximum atomic E-state index is 12.7. The second-order valence-electron chi connectivity index (χ2n) is 7.55. The van der Waals surface area contributed by atoms with E-state index in [1.807, 2.05) is 31.2 Å². The molecule has 3 amide bonds. The Kier molecular flexibility index (Phi) is 8.42. The molecule has 3 rings (SSSR count). The van der Waals surface area contributed by atoms with Gasteiger partial charge < -0.3 is 21.3 Å². The molecular formula is C27H26N4O3. The average molecular weight is 455 g/mol. The van der Waals surface area contributed by atoms with Crippen molar-refractivity contribution in [2.24, 2.45) is 0 Å². The topological polar surface area (TPSA) is 99.3 Å². The van der Waals surface area contributed by atoms with Gasteiger partial charge in [0.05, 0.1) is 29.9 Å². The number of amides is 3. The molecule has 0 saturated heterocycles. The Labute approximate surface area is 199 Å². The van der Waals surface area contributed by atoms with Crippen molar-refractivity contribution in [1.29, 1.82) is 0 Å². The first-order chi connectivity index (χ1) is 16.5. The van der Waals surface area contributed by atoms with Crippen molar-refractivity contribution >= 4 is 29.1 Å². The lowest BCUT2D eigenvalue weighted by Gasteiger charge is -2.14. The van der Waals surface area contributed by atoms with Gasteiger partial charge in [0.15, 0.2) is 0 Å². The summed E-state index contributed by atoms with van der Waals surface area (Å²) in [5, 5.41) is 11.2. The minimum absolute atomic E-state index is 0.0985. The van der Waals surface area contributed by atoms with Crippen LogP contribution >= 0.6 is 0 Å². The summed E-state index contributed by atoms with van der Waals surface area (Å²) < 4.78 is 0. The van der Waals surface area contributed by atoms with E-state index in [1.54, 1.807) is 48.5 Å². The lowest BCUT2D eigenvalue weighted by molar-refractivity contribution is -0.114. The second kappa shape index (κ2) is 11.9. The summed E-state index contributed by atoms with van der Waals surface area (Å²) in [6, 6.07) is 21.5. The maximum absolute atomic E-state index is 12.7.